The van der Waals surface area contributed by atoms with Crippen LogP contribution in [0.1, 0.15) is 81.0 Å². The molecule has 0 aliphatic heterocycles. The van der Waals surface area contributed by atoms with Gasteiger partial charge in [-0.05, 0) is 134 Å². The molecule has 0 spiro atoms. The summed E-state index contributed by atoms with van der Waals surface area (Å²) < 4.78 is 23.9. The summed E-state index contributed by atoms with van der Waals surface area (Å²) in [7, 11) is 0. The molecular formula is C69H60O8. The Bertz CT molecular complexity index is 3060. The molecule has 77 heavy (non-hydrogen) atoms. The molecule has 0 aromatic heterocycles. The SMILES string of the molecule is C=C(C)C(=O)Oc1ccc(C(CCCC(c2ccc(OC(=O)C(=C)C)c(-c3ccccc3)c2)c2ccc(OC(=O)C(=C)C)c(-c3ccccc3)c2)c2ccc(OC(=O)C(=C)C)c(-c3ccccc3)c2)cc1-c1ccccc1. The van der Waals surface area contributed by atoms with Crippen molar-refractivity contribution in [2.45, 2.75) is 58.8 Å². The van der Waals surface area contributed by atoms with Crippen LogP contribution in [0.25, 0.3) is 44.5 Å². The van der Waals surface area contributed by atoms with E-state index < -0.39 is 23.9 Å². The van der Waals surface area contributed by atoms with Crippen LogP contribution in [-0.4, -0.2) is 23.9 Å². The summed E-state index contributed by atoms with van der Waals surface area (Å²) in [6.07, 6.45) is 1.94. The Morgan fingerprint density at radius 1 is 0.325 bits per heavy atom. The number of benzene rings is 8. The van der Waals surface area contributed by atoms with Crippen molar-refractivity contribution in [3.05, 3.63) is 265 Å². The Labute approximate surface area is 451 Å². The van der Waals surface area contributed by atoms with Crippen LogP contribution in [0, 0.1) is 0 Å². The maximum atomic E-state index is 13.1. The van der Waals surface area contributed by atoms with E-state index in [1.54, 1.807) is 27.7 Å². The molecule has 0 fully saturated rings. The van der Waals surface area contributed by atoms with Crippen molar-refractivity contribution in [2.24, 2.45) is 0 Å². The molecule has 0 radical (unpaired) electrons. The number of esters is 4. The highest BCUT2D eigenvalue weighted by molar-refractivity contribution is 5.92. The highest BCUT2D eigenvalue weighted by Gasteiger charge is 2.25. The summed E-state index contributed by atoms with van der Waals surface area (Å²) in [5, 5.41) is 0. The van der Waals surface area contributed by atoms with Crippen LogP contribution in [0.5, 0.6) is 23.0 Å². The average molecular weight is 1020 g/mol. The maximum absolute atomic E-state index is 13.1. The van der Waals surface area contributed by atoms with Gasteiger partial charge < -0.3 is 18.9 Å². The first kappa shape index (κ1) is 53.9. The Kier molecular flexibility index (Phi) is 17.3. The lowest BCUT2D eigenvalue weighted by molar-refractivity contribution is -0.130. The lowest BCUT2D eigenvalue weighted by Gasteiger charge is -2.25. The molecule has 8 aromatic carbocycles. The lowest BCUT2D eigenvalue weighted by Crippen LogP contribution is -2.11. The molecule has 8 heteroatoms. The third kappa shape index (κ3) is 13.3. The molecule has 0 saturated carbocycles. The van der Waals surface area contributed by atoms with Gasteiger partial charge in [0.25, 0.3) is 0 Å². The van der Waals surface area contributed by atoms with E-state index in [1.807, 2.05) is 170 Å². The topological polar surface area (TPSA) is 105 Å². The first-order valence-electron chi connectivity index (χ1n) is 25.4. The van der Waals surface area contributed by atoms with E-state index in [0.717, 1.165) is 66.8 Å². The van der Waals surface area contributed by atoms with Crippen LogP contribution in [0.3, 0.4) is 0 Å². The van der Waals surface area contributed by atoms with Gasteiger partial charge in [0.15, 0.2) is 0 Å². The molecule has 0 unspecified atom stereocenters. The van der Waals surface area contributed by atoms with E-state index in [1.165, 1.54) is 0 Å². The molecular weight excluding hydrogens is 957 g/mol. The number of carbonyl (C=O) groups excluding carboxylic acids is 4. The first-order chi connectivity index (χ1) is 37.1. The lowest BCUT2D eigenvalue weighted by atomic mass is 9.80. The molecule has 8 nitrogen and oxygen atoms in total. The number of hydrogen-bond donors (Lipinski definition) is 0. The Hall–Kier alpha value is -9.40. The zero-order valence-electron chi connectivity index (χ0n) is 43.8. The van der Waals surface area contributed by atoms with Crippen LogP contribution >= 0.6 is 0 Å². The van der Waals surface area contributed by atoms with E-state index in [-0.39, 0.29) is 34.1 Å². The predicted octanol–water partition coefficient (Wildman–Crippen LogP) is 16.4. The fourth-order valence-electron chi connectivity index (χ4n) is 9.11. The highest BCUT2D eigenvalue weighted by atomic mass is 16.5. The normalized spacial score (nSPS) is 10.9. The molecule has 0 N–H and O–H groups in total. The smallest absolute Gasteiger partial charge is 0.338 e. The summed E-state index contributed by atoms with van der Waals surface area (Å²) in [6.45, 7) is 21.8. The first-order valence-corrected chi connectivity index (χ1v) is 25.4. The van der Waals surface area contributed by atoms with Crippen LogP contribution in [0.15, 0.2) is 243 Å². The minimum Gasteiger partial charge on any atom is -0.423 e. The Balaban J connectivity index is 1.29. The molecule has 8 rings (SSSR count). The average Bonchev–Trinajstić information content (AvgIpc) is 3.45. The Morgan fingerprint density at radius 3 is 0.727 bits per heavy atom. The third-order valence-corrected chi connectivity index (χ3v) is 13.2. The van der Waals surface area contributed by atoms with Gasteiger partial charge in [-0.15, -0.1) is 0 Å². The quantitative estimate of drug-likeness (QED) is 0.0422. The van der Waals surface area contributed by atoms with Crippen molar-refractivity contribution in [2.75, 3.05) is 0 Å². The molecule has 0 amide bonds. The summed E-state index contributed by atoms with van der Waals surface area (Å²) >= 11 is 0. The Morgan fingerprint density at radius 2 is 0.532 bits per heavy atom. The fourth-order valence-corrected chi connectivity index (χ4v) is 9.11. The number of rotatable bonds is 20. The standard InChI is InChI=1S/C69H60O8/c1-44(2)66(70)74-62-36-32-52(40-58(62)48-22-13-9-14-23-48)56(53-33-37-63(75-67(71)45(3)4)59(41-53)49-24-15-10-16-25-49)30-21-31-57(54-34-38-64(76-68(72)46(5)6)60(42-54)50-26-17-11-18-27-50)55-35-39-65(77-69(73)47(7)8)61(43-55)51-28-19-12-20-29-51/h9-20,22-29,32-43,56-57H,1,3,5,7,21,30-31H2,2,4,6,8H3. The second-order valence-corrected chi connectivity index (χ2v) is 19.2. The number of carbonyl (C=O) groups is 4. The molecule has 0 heterocycles. The van der Waals surface area contributed by atoms with E-state index in [4.69, 9.17) is 18.9 Å². The van der Waals surface area contributed by atoms with Crippen LogP contribution in [0.2, 0.25) is 0 Å². The zero-order valence-corrected chi connectivity index (χ0v) is 43.8. The minimum atomic E-state index is -0.528. The zero-order chi connectivity index (χ0) is 54.6. The van der Waals surface area contributed by atoms with Gasteiger partial charge in [-0.1, -0.05) is 178 Å². The van der Waals surface area contributed by atoms with E-state index >= 15 is 0 Å². The minimum absolute atomic E-state index is 0.245. The van der Waals surface area contributed by atoms with Crippen LogP contribution < -0.4 is 18.9 Å². The molecule has 0 aliphatic carbocycles. The molecule has 0 bridgehead atoms. The maximum Gasteiger partial charge on any atom is 0.338 e. The number of ether oxygens (including phenoxy) is 4. The van der Waals surface area contributed by atoms with Gasteiger partial charge in [-0.2, -0.15) is 0 Å². The van der Waals surface area contributed by atoms with Gasteiger partial charge in [-0.25, -0.2) is 19.2 Å². The fraction of sp³-hybridized carbons (Fsp3) is 0.130. The van der Waals surface area contributed by atoms with Crippen molar-refractivity contribution in [3.63, 3.8) is 0 Å². The van der Waals surface area contributed by atoms with E-state index in [9.17, 15) is 19.2 Å². The second-order valence-electron chi connectivity index (χ2n) is 19.2. The van der Waals surface area contributed by atoms with Crippen molar-refractivity contribution in [1.82, 2.24) is 0 Å². The van der Waals surface area contributed by atoms with E-state index in [0.29, 0.717) is 42.3 Å². The summed E-state index contributed by atoms with van der Waals surface area (Å²) in [6, 6.07) is 62.9. The van der Waals surface area contributed by atoms with Gasteiger partial charge in [-0.3, -0.25) is 0 Å². The summed E-state index contributed by atoms with van der Waals surface area (Å²) in [4.78, 5) is 52.3. The summed E-state index contributed by atoms with van der Waals surface area (Å²) in [5.41, 5.74) is 11.4. The molecule has 0 saturated heterocycles. The van der Waals surface area contributed by atoms with Crippen molar-refractivity contribution >= 4 is 23.9 Å². The van der Waals surface area contributed by atoms with Gasteiger partial charge in [0.05, 0.1) is 0 Å². The van der Waals surface area contributed by atoms with Crippen molar-refractivity contribution < 1.29 is 38.1 Å². The van der Waals surface area contributed by atoms with Crippen LogP contribution in [-0.2, 0) is 19.2 Å². The molecule has 0 aliphatic rings. The highest BCUT2D eigenvalue weighted by Crippen LogP contribution is 2.44. The summed E-state index contributed by atoms with van der Waals surface area (Å²) in [5.74, 6) is -1.00. The second kappa shape index (κ2) is 24.8. The van der Waals surface area contributed by atoms with Crippen molar-refractivity contribution in [1.29, 1.82) is 0 Å². The van der Waals surface area contributed by atoms with Gasteiger partial charge in [0.2, 0.25) is 0 Å². The van der Waals surface area contributed by atoms with Crippen LogP contribution in [0.4, 0.5) is 0 Å². The van der Waals surface area contributed by atoms with Gasteiger partial charge >= 0.3 is 23.9 Å². The third-order valence-electron chi connectivity index (χ3n) is 13.2. The predicted molar refractivity (Wildman–Crippen MR) is 307 cm³/mol. The molecule has 0 atom stereocenters. The molecule has 384 valence electrons. The largest absolute Gasteiger partial charge is 0.423 e. The van der Waals surface area contributed by atoms with Crippen molar-refractivity contribution in [3.8, 4) is 67.5 Å². The van der Waals surface area contributed by atoms with E-state index in [2.05, 4.69) is 50.6 Å². The monoisotopic (exact) mass is 1020 g/mol. The van der Waals surface area contributed by atoms with Gasteiger partial charge in [0.1, 0.15) is 23.0 Å². The number of hydrogen-bond acceptors (Lipinski definition) is 8. The van der Waals surface area contributed by atoms with Gasteiger partial charge in [0, 0.05) is 56.4 Å². The molecule has 8 aromatic rings.